The normalized spacial score (nSPS) is 8.76. The Morgan fingerprint density at radius 3 is 0.552 bits per heavy atom. The van der Waals surface area contributed by atoms with Crippen LogP contribution >= 0.6 is 0 Å². The fourth-order valence-electron chi connectivity index (χ4n) is 3.09. The molecule has 0 spiro atoms. The van der Waals surface area contributed by atoms with Crippen LogP contribution < -0.4 is 0 Å². The molecule has 0 unspecified atom stereocenters. The van der Waals surface area contributed by atoms with Gasteiger partial charge in [0.15, 0.2) is 23.0 Å². The molecule has 0 heterocycles. The summed E-state index contributed by atoms with van der Waals surface area (Å²) < 4.78 is 0. The predicted octanol–water partition coefficient (Wildman–Crippen LogP) is 4.05. The van der Waals surface area contributed by atoms with Crippen molar-refractivity contribution in [2.45, 2.75) is 0 Å². The number of non-ortho nitro benzene ring substituents is 4. The fourth-order valence-corrected chi connectivity index (χ4v) is 3.09. The van der Waals surface area contributed by atoms with Crippen LogP contribution in [0.25, 0.3) is 0 Å². The van der Waals surface area contributed by atoms with E-state index in [1.165, 1.54) is 0 Å². The maximum Gasteiger partial charge on any atom is 0.317 e. The summed E-state index contributed by atoms with van der Waals surface area (Å²) in [5.74, 6) is -2.35. The Hall–Kier alpha value is -7.76. The van der Waals surface area contributed by atoms with Crippen LogP contribution in [0.4, 0.5) is 45.5 Å². The van der Waals surface area contributed by atoms with Gasteiger partial charge in [-0.25, -0.2) is 0 Å². The van der Waals surface area contributed by atoms with E-state index in [0.29, 0.717) is 24.3 Å². The Morgan fingerprint density at radius 2 is 0.448 bits per heavy atom. The average molecular weight is 928 g/mol. The third-order valence-corrected chi connectivity index (χ3v) is 5.47. The van der Waals surface area contributed by atoms with Gasteiger partial charge in [-0.15, -0.1) is 0 Å². The van der Waals surface area contributed by atoms with Gasteiger partial charge in [0.1, 0.15) is 0 Å². The maximum atomic E-state index is 10.2. The van der Waals surface area contributed by atoms with Gasteiger partial charge in [-0.05, 0) is 24.3 Å². The maximum absolute atomic E-state index is 10.2. The van der Waals surface area contributed by atoms with Gasteiger partial charge in [-0.2, -0.15) is 0 Å². The van der Waals surface area contributed by atoms with Gasteiger partial charge in [-0.3, -0.25) is 80.9 Å². The quantitative estimate of drug-likeness (QED) is 0.0824. The second-order valence-corrected chi connectivity index (χ2v) is 8.75. The first-order valence-corrected chi connectivity index (χ1v) is 13.5. The van der Waals surface area contributed by atoms with Crippen LogP contribution in [0, 0.1) is 80.9 Å². The van der Waals surface area contributed by atoms with Crippen molar-refractivity contribution in [2.24, 2.45) is 0 Å². The number of aliphatic hydroxyl groups excluding tert-OH is 2. The molecule has 30 nitrogen and oxygen atoms in total. The molecule has 4 aromatic carbocycles. The van der Waals surface area contributed by atoms with Gasteiger partial charge >= 0.3 is 22.7 Å². The van der Waals surface area contributed by atoms with Crippen LogP contribution in [0.15, 0.2) is 72.8 Å². The summed E-state index contributed by atoms with van der Waals surface area (Å²) in [6.45, 7) is 0. The van der Waals surface area contributed by atoms with Crippen LogP contribution in [0.3, 0.4) is 0 Å². The summed E-state index contributed by atoms with van der Waals surface area (Å²) in [6, 6.07) is 10.4. The number of nitro groups is 8. The van der Waals surface area contributed by atoms with Gasteiger partial charge in [0.25, 0.3) is 22.7 Å². The zero-order valence-corrected chi connectivity index (χ0v) is 30.2. The van der Waals surface area contributed by atoms with Gasteiger partial charge in [-0.1, -0.05) is 0 Å². The molecule has 6 N–H and O–H groups in total. The molecule has 0 aliphatic rings. The third kappa shape index (κ3) is 18.5. The first kappa shape index (κ1) is 57.0. The summed E-state index contributed by atoms with van der Waals surface area (Å²) in [6.07, 6.45) is 0. The van der Waals surface area contributed by atoms with Crippen LogP contribution in [0.1, 0.15) is 0 Å². The van der Waals surface area contributed by atoms with Gasteiger partial charge in [0, 0.05) is 72.6 Å². The summed E-state index contributed by atoms with van der Waals surface area (Å²) in [5.41, 5.74) is -4.39. The minimum Gasteiger partial charge on any atom is -0.502 e. The van der Waals surface area contributed by atoms with E-state index in [1.807, 2.05) is 0 Å². The van der Waals surface area contributed by atoms with Crippen molar-refractivity contribution in [3.05, 3.63) is 154 Å². The van der Waals surface area contributed by atoms with Gasteiger partial charge in [0.2, 0.25) is 0 Å². The number of hydrogen-bond donors (Lipinski definition) is 6. The smallest absolute Gasteiger partial charge is 0.317 e. The van der Waals surface area contributed by atoms with E-state index >= 15 is 0 Å². The number of phenolic OH excluding ortho intramolecular Hbond substituents is 4. The number of rotatable bonds is 8. The average Bonchev–Trinajstić information content (AvgIpc) is 3.14. The van der Waals surface area contributed by atoms with Crippen molar-refractivity contribution in [3.8, 4) is 23.0 Å². The molecule has 0 atom stereocenters. The van der Waals surface area contributed by atoms with Crippen LogP contribution in [0.2, 0.25) is 0 Å². The molecular formula is C26H24Cu2N8O22. The number of benzene rings is 4. The first-order valence-electron chi connectivity index (χ1n) is 13.5. The zero-order valence-electron chi connectivity index (χ0n) is 28.3. The van der Waals surface area contributed by atoms with Crippen molar-refractivity contribution < 1.29 is 104 Å². The number of nitro benzene ring substituents is 8. The number of aliphatic hydroxyl groups is 2. The van der Waals surface area contributed by atoms with E-state index in [9.17, 15) is 80.9 Å². The molecule has 0 aliphatic carbocycles. The Balaban J connectivity index is -0.000000322. The van der Waals surface area contributed by atoms with Crippen molar-refractivity contribution in [2.75, 3.05) is 14.2 Å². The van der Waals surface area contributed by atoms with E-state index in [0.717, 1.165) is 62.8 Å². The van der Waals surface area contributed by atoms with Crippen molar-refractivity contribution >= 4 is 45.5 Å². The molecule has 0 fully saturated rings. The molecule has 4 rings (SSSR count). The van der Waals surface area contributed by atoms with Crippen molar-refractivity contribution in [1.29, 1.82) is 0 Å². The second kappa shape index (κ2) is 27.8. The molecule has 4 aromatic rings. The molecule has 322 valence electrons. The fraction of sp³-hybridized carbons (Fsp3) is 0.0769. The summed E-state index contributed by atoms with van der Waals surface area (Å²) in [4.78, 5) is 75.0. The number of hydrogen-bond acceptors (Lipinski definition) is 22. The van der Waals surface area contributed by atoms with E-state index in [-0.39, 0.29) is 34.1 Å². The molecule has 0 saturated heterocycles. The Kier molecular flexibility index (Phi) is 27.3. The molecular weight excluding hydrogens is 903 g/mol. The monoisotopic (exact) mass is 926 g/mol. The van der Waals surface area contributed by atoms with Gasteiger partial charge in [0.05, 0.1) is 63.7 Å². The minimum atomic E-state index is -0.887. The first-order chi connectivity index (χ1) is 26.1. The molecule has 0 aromatic heterocycles. The molecule has 32 heteroatoms. The van der Waals surface area contributed by atoms with E-state index in [4.69, 9.17) is 30.6 Å². The largest absolute Gasteiger partial charge is 0.502 e. The summed E-state index contributed by atoms with van der Waals surface area (Å²) in [7, 11) is 2.00. The molecule has 0 saturated carbocycles. The number of aromatic hydroxyl groups is 4. The van der Waals surface area contributed by atoms with E-state index in [1.54, 1.807) is 0 Å². The third-order valence-electron chi connectivity index (χ3n) is 5.47. The Bertz CT molecular complexity index is 1810. The second-order valence-electron chi connectivity index (χ2n) is 8.75. The minimum absolute atomic E-state index is 0. The molecule has 0 amide bonds. The van der Waals surface area contributed by atoms with Crippen molar-refractivity contribution in [3.63, 3.8) is 0 Å². The molecule has 2 radical (unpaired) electrons. The topological polar surface area (TPSA) is 466 Å². The Morgan fingerprint density at radius 1 is 0.310 bits per heavy atom. The predicted molar refractivity (Wildman–Crippen MR) is 182 cm³/mol. The van der Waals surface area contributed by atoms with E-state index in [2.05, 4.69) is 0 Å². The zero-order chi connectivity index (χ0) is 44.0. The standard InChI is InChI=1S/4C6H4N2O5.2CH4O.2Cu/c4*9-6-2-1-4(7(10)11)3-5(6)8(12)13;2*1-2;;/h4*1-3,9H;2*2H,1H3;;. The molecule has 58 heavy (non-hydrogen) atoms. The van der Waals surface area contributed by atoms with Crippen LogP contribution in [-0.2, 0) is 34.1 Å². The van der Waals surface area contributed by atoms with Crippen LogP contribution in [0.5, 0.6) is 23.0 Å². The Labute approximate surface area is 340 Å². The summed E-state index contributed by atoms with van der Waals surface area (Å²) >= 11 is 0. The van der Waals surface area contributed by atoms with Crippen LogP contribution in [-0.4, -0.2) is 84.2 Å². The SMILES string of the molecule is CO.CO.O=[N+]([O-])c1ccc(O)c([N+](=O)[O-])c1.O=[N+]([O-])c1ccc(O)c([N+](=O)[O-])c1.O=[N+]([O-])c1ccc(O)c([N+](=O)[O-])c1.O=[N+]([O-])c1ccc(O)c([N+](=O)[O-])c1.[Cu].[Cu]. The van der Waals surface area contributed by atoms with E-state index < -0.39 is 108 Å². The molecule has 0 aliphatic heterocycles. The number of phenols is 4. The van der Waals surface area contributed by atoms with Crippen molar-refractivity contribution in [1.82, 2.24) is 0 Å². The molecule has 0 bridgehead atoms. The number of nitrogens with zero attached hydrogens (tertiary/aromatic N) is 8. The summed E-state index contributed by atoms with van der Waals surface area (Å²) in [5, 5.41) is 131. The van der Waals surface area contributed by atoms with Gasteiger partial charge < -0.3 is 30.6 Å².